The summed E-state index contributed by atoms with van der Waals surface area (Å²) < 4.78 is 12.9. The first-order valence-corrected chi connectivity index (χ1v) is 13.9. The molecule has 1 saturated carbocycles. The van der Waals surface area contributed by atoms with Gasteiger partial charge in [0.2, 0.25) is 0 Å². The Kier molecular flexibility index (Phi) is 8.23. The fourth-order valence-corrected chi connectivity index (χ4v) is 9.20. The van der Waals surface area contributed by atoms with Gasteiger partial charge in [-0.2, -0.15) is 0 Å². The molecule has 3 rings (SSSR count). The van der Waals surface area contributed by atoms with Gasteiger partial charge >= 0.3 is 0 Å². The highest BCUT2D eigenvalue weighted by molar-refractivity contribution is 6.58. The molecule has 1 aliphatic heterocycles. The van der Waals surface area contributed by atoms with Gasteiger partial charge < -0.3 is 0 Å². The summed E-state index contributed by atoms with van der Waals surface area (Å²) in [5.41, 5.74) is 1.29. The van der Waals surface area contributed by atoms with Gasteiger partial charge in [0.15, 0.2) is 0 Å². The van der Waals surface area contributed by atoms with Crippen molar-refractivity contribution in [3.63, 3.8) is 0 Å². The van der Waals surface area contributed by atoms with Gasteiger partial charge in [-0.05, 0) is 61.1 Å². The molecule has 0 spiro atoms. The Balaban J connectivity index is 1.27. The predicted molar refractivity (Wildman–Crippen MR) is 114 cm³/mol. The Hall–Kier alpha value is -0.633. The zero-order valence-electron chi connectivity index (χ0n) is 16.9. The molecule has 1 saturated heterocycles. The lowest BCUT2D eigenvalue weighted by Crippen LogP contribution is -2.28. The minimum Gasteiger partial charge on any atom is -0.207 e. The number of hydrogen-bond donors (Lipinski definition) is 0. The second-order valence-electron chi connectivity index (χ2n) is 9.22. The van der Waals surface area contributed by atoms with E-state index in [0.717, 1.165) is 24.2 Å². The third-order valence-corrected chi connectivity index (χ3v) is 11.1. The summed E-state index contributed by atoms with van der Waals surface area (Å²) >= 11 is 0. The van der Waals surface area contributed by atoms with Crippen LogP contribution in [0.2, 0.25) is 18.1 Å². The van der Waals surface area contributed by atoms with Crippen molar-refractivity contribution in [2.75, 3.05) is 0 Å². The van der Waals surface area contributed by atoms with Crippen LogP contribution >= 0.6 is 0 Å². The first-order chi connectivity index (χ1) is 12.7. The lowest BCUT2D eigenvalue weighted by atomic mass is 9.73. The molecule has 2 aliphatic rings. The maximum atomic E-state index is 12.9. The molecule has 0 N–H and O–H groups in total. The average Bonchev–Trinajstić information content (AvgIpc) is 2.68. The standard InChI is InChI=1S/C24H39FSi/c1-2-17-26-18-15-23(16-19-26)22-11-7-20(8-12-22)5-3-4-6-21-9-13-24(25)14-10-21/h9-10,13-14,20,22-23,26H,2-8,11-12,15-19H2,1H3/t20-,22-,23-,26-. The fraction of sp³-hybridized carbons (Fsp3) is 0.750. The predicted octanol–water partition coefficient (Wildman–Crippen LogP) is 7.39. The zero-order chi connectivity index (χ0) is 18.2. The van der Waals surface area contributed by atoms with Crippen molar-refractivity contribution in [1.29, 1.82) is 0 Å². The van der Waals surface area contributed by atoms with E-state index in [4.69, 9.17) is 0 Å². The molecule has 0 aromatic heterocycles. The highest BCUT2D eigenvalue weighted by Crippen LogP contribution is 2.41. The first kappa shape index (κ1) is 20.1. The van der Waals surface area contributed by atoms with Crippen molar-refractivity contribution < 1.29 is 4.39 Å². The summed E-state index contributed by atoms with van der Waals surface area (Å²) in [6, 6.07) is 12.0. The Labute approximate surface area is 162 Å². The Morgan fingerprint density at radius 1 is 0.885 bits per heavy atom. The van der Waals surface area contributed by atoms with Crippen molar-refractivity contribution in [3.05, 3.63) is 35.6 Å². The van der Waals surface area contributed by atoms with Gasteiger partial charge in [-0.1, -0.05) is 82.1 Å². The van der Waals surface area contributed by atoms with E-state index in [0.29, 0.717) is 0 Å². The van der Waals surface area contributed by atoms with Crippen LogP contribution in [0.3, 0.4) is 0 Å². The van der Waals surface area contributed by atoms with Crippen LogP contribution in [0.1, 0.15) is 76.7 Å². The molecule has 0 radical (unpaired) electrons. The molecule has 1 aliphatic carbocycles. The second-order valence-corrected chi connectivity index (χ2v) is 12.7. The van der Waals surface area contributed by atoms with Gasteiger partial charge in [0.1, 0.15) is 5.82 Å². The molecule has 1 heterocycles. The van der Waals surface area contributed by atoms with Crippen LogP contribution in [0.25, 0.3) is 0 Å². The monoisotopic (exact) mass is 374 g/mol. The van der Waals surface area contributed by atoms with Crippen LogP contribution in [0.5, 0.6) is 0 Å². The highest BCUT2D eigenvalue weighted by Gasteiger charge is 2.30. The molecule has 0 unspecified atom stereocenters. The molecule has 0 nitrogen and oxygen atoms in total. The smallest absolute Gasteiger partial charge is 0.123 e. The minimum atomic E-state index is -0.300. The Morgan fingerprint density at radius 3 is 2.19 bits per heavy atom. The summed E-state index contributed by atoms with van der Waals surface area (Å²) in [6.45, 7) is 2.38. The number of aryl methyl sites for hydroxylation is 1. The quantitative estimate of drug-likeness (QED) is 0.328. The molecule has 1 aromatic carbocycles. The fourth-order valence-electron chi connectivity index (χ4n) is 5.72. The van der Waals surface area contributed by atoms with Crippen molar-refractivity contribution in [2.24, 2.45) is 17.8 Å². The molecule has 26 heavy (non-hydrogen) atoms. The van der Waals surface area contributed by atoms with Crippen LogP contribution in [-0.2, 0) is 6.42 Å². The number of rotatable bonds is 8. The normalized spacial score (nSPS) is 29.6. The molecule has 0 bridgehead atoms. The molecule has 2 fully saturated rings. The Morgan fingerprint density at radius 2 is 1.54 bits per heavy atom. The molecule has 2 heteroatoms. The van der Waals surface area contributed by atoms with Crippen LogP contribution in [0.4, 0.5) is 4.39 Å². The Bertz CT molecular complexity index is 495. The van der Waals surface area contributed by atoms with E-state index < -0.39 is 0 Å². The first-order valence-electron chi connectivity index (χ1n) is 11.5. The van der Waals surface area contributed by atoms with Crippen LogP contribution in [0.15, 0.2) is 24.3 Å². The molecule has 1 aromatic rings. The summed E-state index contributed by atoms with van der Waals surface area (Å²) in [5, 5.41) is 0. The number of benzene rings is 1. The highest BCUT2D eigenvalue weighted by atomic mass is 28.3. The molecule has 0 amide bonds. The van der Waals surface area contributed by atoms with Gasteiger partial charge in [0.25, 0.3) is 0 Å². The van der Waals surface area contributed by atoms with E-state index in [1.165, 1.54) is 56.9 Å². The van der Waals surface area contributed by atoms with E-state index in [-0.39, 0.29) is 14.6 Å². The SMILES string of the molecule is CCC[Si@H]1CC[C@H]([C@H]2CC[C@H](CCCCc3ccc(F)cc3)CC2)CC1. The van der Waals surface area contributed by atoms with E-state index in [9.17, 15) is 4.39 Å². The third kappa shape index (κ3) is 6.22. The van der Waals surface area contributed by atoms with E-state index in [2.05, 4.69) is 6.92 Å². The van der Waals surface area contributed by atoms with Crippen LogP contribution in [0, 0.1) is 23.6 Å². The van der Waals surface area contributed by atoms with Crippen molar-refractivity contribution in [1.82, 2.24) is 0 Å². The van der Waals surface area contributed by atoms with Crippen molar-refractivity contribution >= 4 is 8.80 Å². The largest absolute Gasteiger partial charge is 0.207 e. The zero-order valence-corrected chi connectivity index (χ0v) is 18.1. The van der Waals surface area contributed by atoms with Gasteiger partial charge in [-0.25, -0.2) is 4.39 Å². The summed E-state index contributed by atoms with van der Waals surface area (Å²) in [5.74, 6) is 3.04. The average molecular weight is 375 g/mol. The number of unbranched alkanes of at least 4 members (excludes halogenated alkanes) is 1. The lowest BCUT2D eigenvalue weighted by molar-refractivity contribution is 0.184. The molecular formula is C24H39FSi. The second kappa shape index (κ2) is 10.6. The van der Waals surface area contributed by atoms with Crippen LogP contribution < -0.4 is 0 Å². The maximum absolute atomic E-state index is 12.9. The molecular weight excluding hydrogens is 335 g/mol. The minimum absolute atomic E-state index is 0.119. The van der Waals surface area contributed by atoms with Gasteiger partial charge in [0.05, 0.1) is 0 Å². The summed E-state index contributed by atoms with van der Waals surface area (Å²) in [6.07, 6.45) is 15.8. The van der Waals surface area contributed by atoms with Gasteiger partial charge in [-0.3, -0.25) is 0 Å². The van der Waals surface area contributed by atoms with Gasteiger partial charge in [-0.15, -0.1) is 0 Å². The number of hydrogen-bond acceptors (Lipinski definition) is 0. The lowest BCUT2D eigenvalue weighted by Gasteiger charge is -2.37. The molecule has 146 valence electrons. The van der Waals surface area contributed by atoms with E-state index in [1.807, 2.05) is 12.1 Å². The van der Waals surface area contributed by atoms with Crippen LogP contribution in [-0.4, -0.2) is 8.80 Å². The van der Waals surface area contributed by atoms with E-state index in [1.54, 1.807) is 43.1 Å². The summed E-state index contributed by atoms with van der Waals surface area (Å²) in [7, 11) is -0.300. The van der Waals surface area contributed by atoms with Gasteiger partial charge in [0, 0.05) is 8.80 Å². The topological polar surface area (TPSA) is 0 Å². The van der Waals surface area contributed by atoms with Crippen molar-refractivity contribution in [3.8, 4) is 0 Å². The maximum Gasteiger partial charge on any atom is 0.123 e. The van der Waals surface area contributed by atoms with Crippen molar-refractivity contribution in [2.45, 2.75) is 95.7 Å². The van der Waals surface area contributed by atoms with E-state index >= 15 is 0 Å². The molecule has 0 atom stereocenters. The summed E-state index contributed by atoms with van der Waals surface area (Å²) in [4.78, 5) is 0. The third-order valence-electron chi connectivity index (χ3n) is 7.39. The number of halogens is 1.